The van der Waals surface area contributed by atoms with E-state index < -0.39 is 24.6 Å². The molecule has 0 bridgehead atoms. The van der Waals surface area contributed by atoms with Gasteiger partial charge in [0.05, 0.1) is 45.0 Å². The minimum Gasteiger partial charge on any atom is -0.481 e. The molecule has 0 aliphatic carbocycles. The van der Waals surface area contributed by atoms with Gasteiger partial charge in [-0.2, -0.15) is 0 Å². The number of ether oxygens (including phenoxy) is 3. The topological polar surface area (TPSA) is 181 Å². The fraction of sp³-hybridized carbons (Fsp3) is 0.857. The van der Waals surface area contributed by atoms with Crippen molar-refractivity contribution in [2.45, 2.75) is 122 Å². The van der Waals surface area contributed by atoms with E-state index in [2.05, 4.69) is 37.2 Å². The molecule has 1 unspecified atom stereocenters. The minimum absolute atomic E-state index is 0.0482. The van der Waals surface area contributed by atoms with Crippen molar-refractivity contribution in [1.82, 2.24) is 21.3 Å². The fourth-order valence-corrected chi connectivity index (χ4v) is 5.19. The van der Waals surface area contributed by atoms with Gasteiger partial charge in [-0.1, -0.05) is 93.0 Å². The number of hydrogen-bond acceptors (Lipinski definition) is 8. The number of carboxylic acids is 1. The largest absolute Gasteiger partial charge is 0.481 e. The Balaban J connectivity index is 3.51. The second-order valence-electron chi connectivity index (χ2n) is 12.2. The molecule has 15 heteroatoms. The number of carbonyl (C=O) groups is 5. The summed E-state index contributed by atoms with van der Waals surface area (Å²) in [5.41, 5.74) is 0. The van der Waals surface area contributed by atoms with Gasteiger partial charge < -0.3 is 40.6 Å². The molecule has 292 valence electrons. The van der Waals surface area contributed by atoms with Crippen molar-refractivity contribution in [3.63, 3.8) is 0 Å². The van der Waals surface area contributed by atoms with E-state index in [1.54, 1.807) is 0 Å². The third-order valence-corrected chi connectivity index (χ3v) is 8.30. The summed E-state index contributed by atoms with van der Waals surface area (Å²) in [5.74, 6) is -2.07. The van der Waals surface area contributed by atoms with Crippen molar-refractivity contribution in [3.05, 3.63) is 0 Å². The number of carbonyl (C=O) groups excluding carboxylic acids is 4. The smallest absolute Gasteiger partial charge is 0.303 e. The maximum Gasteiger partial charge on any atom is 0.303 e. The van der Waals surface area contributed by atoms with Crippen molar-refractivity contribution in [2.75, 3.05) is 71.3 Å². The highest BCUT2D eigenvalue weighted by atomic mass is 79.9. The van der Waals surface area contributed by atoms with E-state index in [0.29, 0.717) is 58.8 Å². The average molecular weight is 784 g/mol. The molecular weight excluding hydrogens is 719 g/mol. The summed E-state index contributed by atoms with van der Waals surface area (Å²) < 4.78 is 28.6. The van der Waals surface area contributed by atoms with Gasteiger partial charge in [0.1, 0.15) is 6.04 Å². The molecule has 50 heavy (non-hydrogen) atoms. The summed E-state index contributed by atoms with van der Waals surface area (Å²) >= 11 is 3.05. The summed E-state index contributed by atoms with van der Waals surface area (Å²) in [6.07, 6.45) is 17.7. The maximum atomic E-state index is 12.4. The van der Waals surface area contributed by atoms with Crippen LogP contribution in [-0.2, 0) is 38.2 Å². The number of unbranched alkanes of at least 4 members (excludes halogenated alkanes) is 13. The number of aliphatic carboxylic acids is 1. The van der Waals surface area contributed by atoms with E-state index in [1.807, 2.05) is 0 Å². The van der Waals surface area contributed by atoms with E-state index in [0.717, 1.165) is 32.1 Å². The molecule has 0 aromatic carbocycles. The van der Waals surface area contributed by atoms with Crippen LogP contribution in [0.4, 0.5) is 4.39 Å². The van der Waals surface area contributed by atoms with Crippen LogP contribution in [0.3, 0.4) is 0 Å². The molecule has 0 saturated carbocycles. The molecule has 0 aromatic heterocycles. The van der Waals surface area contributed by atoms with Crippen LogP contribution < -0.4 is 21.3 Å². The van der Waals surface area contributed by atoms with Gasteiger partial charge in [-0.05, 0) is 25.7 Å². The van der Waals surface area contributed by atoms with Crippen molar-refractivity contribution in [2.24, 2.45) is 0 Å². The van der Waals surface area contributed by atoms with Gasteiger partial charge >= 0.3 is 5.97 Å². The summed E-state index contributed by atoms with van der Waals surface area (Å²) in [6, 6.07) is -0.779. The van der Waals surface area contributed by atoms with Crippen LogP contribution in [0.2, 0.25) is 0 Å². The monoisotopic (exact) mass is 782 g/mol. The highest BCUT2D eigenvalue weighted by molar-refractivity contribution is 9.09. The molecule has 0 aliphatic heterocycles. The Morgan fingerprint density at radius 3 is 1.46 bits per heavy atom. The summed E-state index contributed by atoms with van der Waals surface area (Å²) in [5, 5.41) is 19.3. The van der Waals surface area contributed by atoms with E-state index in [4.69, 9.17) is 19.3 Å². The van der Waals surface area contributed by atoms with E-state index in [1.165, 1.54) is 57.8 Å². The molecule has 0 radical (unpaired) electrons. The van der Waals surface area contributed by atoms with Gasteiger partial charge in [0.15, 0.2) is 6.67 Å². The Morgan fingerprint density at radius 2 is 0.980 bits per heavy atom. The lowest BCUT2D eigenvalue weighted by molar-refractivity contribution is -0.137. The number of rotatable bonds is 37. The van der Waals surface area contributed by atoms with Crippen LogP contribution in [0, 0.1) is 0 Å². The molecule has 0 heterocycles. The first-order valence-electron chi connectivity index (χ1n) is 18.5. The lowest BCUT2D eigenvalue weighted by Crippen LogP contribution is -2.48. The number of alkyl halides is 2. The molecule has 4 amide bonds. The van der Waals surface area contributed by atoms with Crippen LogP contribution >= 0.6 is 15.9 Å². The Bertz CT molecular complexity index is 889. The predicted molar refractivity (Wildman–Crippen MR) is 194 cm³/mol. The Kier molecular flexibility index (Phi) is 34.7. The van der Waals surface area contributed by atoms with Crippen LogP contribution in [-0.4, -0.2) is 112 Å². The van der Waals surface area contributed by atoms with Crippen LogP contribution in [0.15, 0.2) is 0 Å². The van der Waals surface area contributed by atoms with Crippen molar-refractivity contribution in [3.8, 4) is 0 Å². The minimum atomic E-state index is -1.10. The lowest BCUT2D eigenvalue weighted by Gasteiger charge is -2.18. The SMILES string of the molecule is O=C(O)CCCCCCCCCCCCCCCCC(=O)NCCOCCOCCOCCNC(=O)C(CCCNC(=O)CF)NC(=O)CBr. The van der Waals surface area contributed by atoms with Gasteiger partial charge in [0.25, 0.3) is 5.91 Å². The van der Waals surface area contributed by atoms with Crippen LogP contribution in [0.1, 0.15) is 116 Å². The number of halogens is 2. The number of amides is 4. The quantitative estimate of drug-likeness (QED) is 0.0453. The zero-order valence-corrected chi connectivity index (χ0v) is 31.6. The number of nitrogens with one attached hydrogen (secondary N) is 4. The van der Waals surface area contributed by atoms with Crippen LogP contribution in [0.25, 0.3) is 0 Å². The zero-order chi connectivity index (χ0) is 36.9. The van der Waals surface area contributed by atoms with E-state index in [-0.39, 0.29) is 49.2 Å². The summed E-state index contributed by atoms with van der Waals surface area (Å²) in [7, 11) is 0. The van der Waals surface area contributed by atoms with Gasteiger partial charge in [0, 0.05) is 32.5 Å². The molecule has 0 saturated heterocycles. The van der Waals surface area contributed by atoms with E-state index >= 15 is 0 Å². The number of carboxylic acid groups (broad SMARTS) is 1. The third kappa shape index (κ3) is 34.1. The summed E-state index contributed by atoms with van der Waals surface area (Å²) in [4.78, 5) is 57.6. The van der Waals surface area contributed by atoms with Gasteiger partial charge in [-0.25, -0.2) is 4.39 Å². The first kappa shape index (κ1) is 47.6. The van der Waals surface area contributed by atoms with E-state index in [9.17, 15) is 28.4 Å². The molecule has 0 fully saturated rings. The molecule has 13 nitrogen and oxygen atoms in total. The molecule has 0 spiro atoms. The molecule has 1 atom stereocenters. The Hall–Kier alpha value is -2.36. The van der Waals surface area contributed by atoms with Gasteiger partial charge in [0.2, 0.25) is 17.7 Å². The second kappa shape index (κ2) is 36.4. The summed E-state index contributed by atoms with van der Waals surface area (Å²) in [6.45, 7) is 2.00. The van der Waals surface area contributed by atoms with Crippen molar-refractivity contribution < 1.29 is 47.7 Å². The second-order valence-corrected chi connectivity index (χ2v) is 12.8. The maximum absolute atomic E-state index is 12.4. The number of hydrogen-bond donors (Lipinski definition) is 5. The first-order chi connectivity index (χ1) is 24.3. The molecule has 0 rings (SSSR count). The standard InChI is InChI=1S/C35H64BrFN4O9/c36-28-32(43)41-30(16-15-19-38-33(44)29-37)35(47)40-21-23-49-25-27-50-26-24-48-22-20-39-31(42)17-13-11-9-7-5-3-1-2-4-6-8-10-12-14-18-34(45)46/h30H,1-29H2,(H,38,44)(H,39,42)(H,40,47)(H,41,43)(H,45,46). The Labute approximate surface area is 306 Å². The van der Waals surface area contributed by atoms with Gasteiger partial charge in [-0.15, -0.1) is 0 Å². The lowest BCUT2D eigenvalue weighted by atomic mass is 10.0. The van der Waals surface area contributed by atoms with Gasteiger partial charge in [-0.3, -0.25) is 24.0 Å². The Morgan fingerprint density at radius 1 is 0.540 bits per heavy atom. The molecule has 0 aromatic rings. The predicted octanol–water partition coefficient (Wildman–Crippen LogP) is 4.34. The molecular formula is C35H64BrFN4O9. The highest BCUT2D eigenvalue weighted by Crippen LogP contribution is 2.13. The van der Waals surface area contributed by atoms with Crippen molar-refractivity contribution >= 4 is 45.5 Å². The zero-order valence-electron chi connectivity index (χ0n) is 30.1. The third-order valence-electron chi connectivity index (χ3n) is 7.79. The first-order valence-corrected chi connectivity index (χ1v) is 19.6. The van der Waals surface area contributed by atoms with Crippen molar-refractivity contribution in [1.29, 1.82) is 0 Å². The molecule has 5 N–H and O–H groups in total. The average Bonchev–Trinajstić information content (AvgIpc) is 3.10. The highest BCUT2D eigenvalue weighted by Gasteiger charge is 2.19. The normalized spacial score (nSPS) is 11.6. The molecule has 0 aliphatic rings. The van der Waals surface area contributed by atoms with Crippen LogP contribution in [0.5, 0.6) is 0 Å². The fourth-order valence-electron chi connectivity index (χ4n) is 5.03.